The van der Waals surface area contributed by atoms with Crippen LogP contribution in [0.5, 0.6) is 0 Å². The Morgan fingerprint density at radius 3 is 1.11 bits per heavy atom. The Morgan fingerprint density at radius 1 is 0.605 bits per heavy atom. The van der Waals surface area contributed by atoms with Crippen LogP contribution in [0.25, 0.3) is 0 Å². The van der Waals surface area contributed by atoms with Gasteiger partial charge in [-0.15, -0.1) is 7.92 Å². The van der Waals surface area contributed by atoms with Crippen LogP contribution in [-0.2, 0) is 19.7 Å². The maximum atomic E-state index is 10.2. The fourth-order valence-corrected chi connectivity index (χ4v) is 7.45. The topological polar surface area (TPSA) is 129 Å². The van der Waals surface area contributed by atoms with E-state index in [1.54, 1.807) is 18.5 Å². The molecule has 0 saturated carbocycles. The summed E-state index contributed by atoms with van der Waals surface area (Å²) in [5.41, 5.74) is 0. The van der Waals surface area contributed by atoms with E-state index in [-0.39, 0.29) is 29.6 Å². The molecule has 10 heteroatoms. The standard InChI is InChI=1S/C24H51P.C4H6O7S.Na.H/c1-4-7-10-13-16-19-22-25(23-20-17-14-11-8-5-2)24-21-18-15-12-9-6-3;5-3(6)1-2(4(7)8)12(9,10)11;;/h4-24H2,1-3H3;2H,1H2,(H,5,6)(H,7,8)(H,9,10,11);;. The minimum absolute atomic E-state index is 0. The Balaban J connectivity index is -0.000000794. The van der Waals surface area contributed by atoms with E-state index in [1.807, 2.05) is 0 Å². The number of hydrogen-bond donors (Lipinski definition) is 3. The zero-order chi connectivity index (χ0) is 28.4. The van der Waals surface area contributed by atoms with Crippen molar-refractivity contribution in [1.29, 1.82) is 0 Å². The summed E-state index contributed by atoms with van der Waals surface area (Å²) in [5.74, 6) is -3.50. The molecule has 0 aromatic rings. The van der Waals surface area contributed by atoms with E-state index in [1.165, 1.54) is 116 Å². The molecule has 0 amide bonds. The molecule has 1 atom stereocenters. The molecule has 1 unspecified atom stereocenters. The fourth-order valence-electron chi connectivity index (χ4n) is 4.16. The van der Waals surface area contributed by atoms with Crippen LogP contribution < -0.4 is 0 Å². The van der Waals surface area contributed by atoms with Crippen molar-refractivity contribution in [2.24, 2.45) is 0 Å². The average molecular weight is 593 g/mol. The molecule has 0 fully saturated rings. The number of rotatable bonds is 25. The average Bonchev–Trinajstić information content (AvgIpc) is 2.83. The maximum absolute atomic E-state index is 10.2. The number of unbranched alkanes of at least 4 members (excludes halogenated alkanes) is 15. The molecule has 0 saturated heterocycles. The minimum atomic E-state index is -4.84. The molecule has 38 heavy (non-hydrogen) atoms. The van der Waals surface area contributed by atoms with E-state index < -0.39 is 33.7 Å². The van der Waals surface area contributed by atoms with Crippen LogP contribution in [0.3, 0.4) is 0 Å². The third kappa shape index (κ3) is 30.8. The van der Waals surface area contributed by atoms with E-state index in [9.17, 15) is 18.0 Å². The van der Waals surface area contributed by atoms with Gasteiger partial charge < -0.3 is 10.2 Å². The van der Waals surface area contributed by atoms with Gasteiger partial charge >= 0.3 is 41.5 Å². The van der Waals surface area contributed by atoms with E-state index in [0.717, 1.165) is 0 Å². The summed E-state index contributed by atoms with van der Waals surface area (Å²) in [5, 5.41) is 13.9. The molecule has 0 aliphatic rings. The first-order chi connectivity index (χ1) is 17.6. The molecule has 0 rings (SSSR count). The van der Waals surface area contributed by atoms with Gasteiger partial charge in [0, 0.05) is 0 Å². The van der Waals surface area contributed by atoms with Gasteiger partial charge in [0.2, 0.25) is 0 Å². The normalized spacial score (nSPS) is 11.9. The van der Waals surface area contributed by atoms with Gasteiger partial charge in [-0.25, -0.2) is 0 Å². The molecular weight excluding hydrogens is 534 g/mol. The van der Waals surface area contributed by atoms with Gasteiger partial charge in [0.25, 0.3) is 10.1 Å². The van der Waals surface area contributed by atoms with Gasteiger partial charge in [0.05, 0.1) is 6.42 Å². The number of aliphatic carboxylic acids is 2. The quantitative estimate of drug-likeness (QED) is 0.0429. The zero-order valence-electron chi connectivity index (χ0n) is 24.0. The number of carboxylic acids is 2. The second-order valence-electron chi connectivity index (χ2n) is 10.1. The molecule has 0 aliphatic carbocycles. The summed E-state index contributed by atoms with van der Waals surface area (Å²) in [6, 6.07) is 0. The summed E-state index contributed by atoms with van der Waals surface area (Å²) < 4.78 is 28.7. The van der Waals surface area contributed by atoms with Gasteiger partial charge in [0.15, 0.2) is 5.25 Å². The first kappa shape index (κ1) is 42.7. The van der Waals surface area contributed by atoms with Crippen molar-refractivity contribution < 1.29 is 32.8 Å². The number of hydrogen-bond acceptors (Lipinski definition) is 4. The summed E-state index contributed by atoms with van der Waals surface area (Å²) >= 11 is 0. The van der Waals surface area contributed by atoms with Crippen LogP contribution in [0, 0.1) is 0 Å². The Labute approximate surface area is 257 Å². The fraction of sp³-hybridized carbons (Fsp3) is 0.929. The third-order valence-corrected chi connectivity index (χ3v) is 10.4. The van der Waals surface area contributed by atoms with Crippen LogP contribution in [0.4, 0.5) is 0 Å². The first-order valence-corrected chi connectivity index (χ1v) is 18.1. The molecule has 0 spiro atoms. The van der Waals surface area contributed by atoms with Crippen LogP contribution in [-0.4, -0.2) is 88.4 Å². The molecule has 0 bridgehead atoms. The monoisotopic (exact) mass is 592 g/mol. The Bertz CT molecular complexity index is 609. The Morgan fingerprint density at radius 2 is 0.895 bits per heavy atom. The van der Waals surface area contributed by atoms with Crippen molar-refractivity contribution in [2.45, 2.75) is 148 Å². The van der Waals surface area contributed by atoms with Gasteiger partial charge in [0.1, 0.15) is 0 Å². The number of carboxylic acid groups (broad SMARTS) is 2. The third-order valence-electron chi connectivity index (χ3n) is 6.48. The van der Waals surface area contributed by atoms with Gasteiger partial charge in [-0.2, -0.15) is 8.42 Å². The van der Waals surface area contributed by atoms with Gasteiger partial charge in [-0.3, -0.25) is 14.1 Å². The van der Waals surface area contributed by atoms with E-state index >= 15 is 0 Å². The summed E-state index contributed by atoms with van der Waals surface area (Å²) in [7, 11) is -4.47. The molecular formula is C28H58NaO7PS. The summed E-state index contributed by atoms with van der Waals surface area (Å²) in [4.78, 5) is 20.0. The van der Waals surface area contributed by atoms with E-state index in [2.05, 4.69) is 20.8 Å². The Kier molecular flexibility index (Phi) is 34.0. The summed E-state index contributed by atoms with van der Waals surface area (Å²) in [6.07, 6.45) is 30.1. The molecule has 0 aliphatic heterocycles. The zero-order valence-corrected chi connectivity index (χ0v) is 25.7. The van der Waals surface area contributed by atoms with E-state index in [0.29, 0.717) is 7.92 Å². The SMILES string of the molecule is CCCCCCCCP(CCCCCCCC)CCCCCCCC.O=C(O)CC(C(=O)O)S(=O)(=O)O.[NaH]. The second kappa shape index (κ2) is 30.2. The number of carbonyl (C=O) groups is 2. The summed E-state index contributed by atoms with van der Waals surface area (Å²) in [6.45, 7) is 6.96. The van der Waals surface area contributed by atoms with Crippen molar-refractivity contribution >= 4 is 59.5 Å². The van der Waals surface area contributed by atoms with Crippen LogP contribution >= 0.6 is 7.92 Å². The predicted octanol–water partition coefficient (Wildman–Crippen LogP) is 7.70. The molecule has 0 radical (unpaired) electrons. The van der Waals surface area contributed by atoms with Crippen molar-refractivity contribution in [1.82, 2.24) is 0 Å². The van der Waals surface area contributed by atoms with Crippen LogP contribution in [0.15, 0.2) is 0 Å². The van der Waals surface area contributed by atoms with Crippen LogP contribution in [0.2, 0.25) is 0 Å². The molecule has 3 N–H and O–H groups in total. The molecule has 224 valence electrons. The van der Waals surface area contributed by atoms with Gasteiger partial charge in [-0.05, 0) is 37.7 Å². The molecule has 7 nitrogen and oxygen atoms in total. The van der Waals surface area contributed by atoms with Crippen molar-refractivity contribution in [3.05, 3.63) is 0 Å². The van der Waals surface area contributed by atoms with Crippen molar-refractivity contribution in [3.63, 3.8) is 0 Å². The first-order valence-electron chi connectivity index (χ1n) is 14.7. The second-order valence-corrected chi connectivity index (χ2v) is 14.4. The Hall–Kier alpha value is 0.280. The predicted molar refractivity (Wildman–Crippen MR) is 164 cm³/mol. The molecule has 0 aromatic carbocycles. The van der Waals surface area contributed by atoms with Crippen molar-refractivity contribution in [2.75, 3.05) is 18.5 Å². The molecule has 0 heterocycles. The van der Waals surface area contributed by atoms with Crippen LogP contribution in [0.1, 0.15) is 143 Å². The van der Waals surface area contributed by atoms with Gasteiger partial charge in [-0.1, -0.05) is 117 Å². The molecule has 0 aromatic heterocycles. The van der Waals surface area contributed by atoms with E-state index in [4.69, 9.17) is 14.8 Å². The van der Waals surface area contributed by atoms with Crippen molar-refractivity contribution in [3.8, 4) is 0 Å².